The molecule has 3 rings (SSSR count). The van der Waals surface area contributed by atoms with Gasteiger partial charge in [-0.1, -0.05) is 23.2 Å². The Morgan fingerprint density at radius 1 is 1.37 bits per heavy atom. The monoisotopic (exact) mass is 316 g/mol. The second-order valence-corrected chi connectivity index (χ2v) is 6.11. The molecule has 0 radical (unpaired) electrons. The second kappa shape index (κ2) is 5.44. The van der Waals surface area contributed by atoms with Crippen LogP contribution in [-0.2, 0) is 11.3 Å². The average Bonchev–Trinajstić information content (AvgIpc) is 2.68. The molecule has 0 aliphatic carbocycles. The van der Waals surface area contributed by atoms with Crippen molar-refractivity contribution in [3.63, 3.8) is 0 Å². The number of H-pyrrole nitrogens is 1. The Kier molecular flexibility index (Phi) is 3.85. The molecule has 3 nitrogen and oxygen atoms in total. The highest BCUT2D eigenvalue weighted by Crippen LogP contribution is 2.28. The lowest BCUT2D eigenvalue weighted by molar-refractivity contribution is 0.0486. The molecule has 1 fully saturated rings. The molecule has 19 heavy (non-hydrogen) atoms. The van der Waals surface area contributed by atoms with Gasteiger partial charge in [0.05, 0.1) is 27.7 Å². The maximum absolute atomic E-state index is 6.09. The fourth-order valence-corrected chi connectivity index (χ4v) is 3.15. The van der Waals surface area contributed by atoms with Crippen LogP contribution in [0.5, 0.6) is 0 Å². The minimum absolute atomic E-state index is 0.508. The van der Waals surface area contributed by atoms with Crippen LogP contribution in [0.4, 0.5) is 0 Å². The van der Waals surface area contributed by atoms with Crippen LogP contribution in [0.2, 0.25) is 10.0 Å². The van der Waals surface area contributed by atoms with Crippen LogP contribution in [0.1, 0.15) is 12.8 Å². The van der Waals surface area contributed by atoms with E-state index in [1.165, 1.54) is 6.42 Å². The summed E-state index contributed by atoms with van der Waals surface area (Å²) in [6.45, 7) is 2.53. The zero-order chi connectivity index (χ0) is 13.4. The normalized spacial score (nSPS) is 20.0. The minimum atomic E-state index is 0.508. The summed E-state index contributed by atoms with van der Waals surface area (Å²) in [4.78, 5) is 3.18. The summed E-state index contributed by atoms with van der Waals surface area (Å²) in [6, 6.07) is 3.69. The average molecular weight is 317 g/mol. The lowest BCUT2D eigenvalue weighted by atomic mass is 10.0. The summed E-state index contributed by atoms with van der Waals surface area (Å²) in [7, 11) is 0. The third kappa shape index (κ3) is 2.68. The summed E-state index contributed by atoms with van der Waals surface area (Å²) in [5.74, 6) is 0.508. The number of fused-ring (bicyclic) bond motifs is 1. The van der Waals surface area contributed by atoms with Crippen molar-refractivity contribution in [2.24, 2.45) is 5.92 Å². The van der Waals surface area contributed by atoms with E-state index in [4.69, 9.17) is 40.2 Å². The molecule has 102 valence electrons. The van der Waals surface area contributed by atoms with Crippen molar-refractivity contribution in [3.05, 3.63) is 26.9 Å². The van der Waals surface area contributed by atoms with Gasteiger partial charge in [-0.05, 0) is 37.2 Å². The van der Waals surface area contributed by atoms with Crippen molar-refractivity contribution >= 4 is 46.5 Å². The van der Waals surface area contributed by atoms with Gasteiger partial charge >= 0.3 is 0 Å². The standard InChI is InChI=1S/C13H14Cl2N2OS/c14-9-4-11-12(5-10(9)15)17(13(19)16-11)6-8-2-1-3-18-7-8/h4-5,8H,1-3,6-7H2,(H,16,19). The lowest BCUT2D eigenvalue weighted by Gasteiger charge is -2.22. The Morgan fingerprint density at radius 2 is 2.16 bits per heavy atom. The molecule has 6 heteroatoms. The maximum Gasteiger partial charge on any atom is 0.178 e. The fraction of sp³-hybridized carbons (Fsp3) is 0.462. The number of benzene rings is 1. The van der Waals surface area contributed by atoms with Crippen LogP contribution >= 0.6 is 35.4 Å². The molecule has 1 aliphatic rings. The summed E-state index contributed by atoms with van der Waals surface area (Å²) in [5.41, 5.74) is 1.93. The van der Waals surface area contributed by atoms with Crippen molar-refractivity contribution in [1.29, 1.82) is 0 Å². The van der Waals surface area contributed by atoms with Crippen LogP contribution in [0.15, 0.2) is 12.1 Å². The van der Waals surface area contributed by atoms with E-state index >= 15 is 0 Å². The molecule has 1 atom stereocenters. The molecule has 0 spiro atoms. The Hall–Kier alpha value is -0.550. The fourth-order valence-electron chi connectivity index (χ4n) is 2.54. The Balaban J connectivity index is 2.00. The largest absolute Gasteiger partial charge is 0.381 e. The SMILES string of the molecule is S=c1[nH]c2cc(Cl)c(Cl)cc2n1CC1CCCOC1. The number of nitrogens with zero attached hydrogens (tertiary/aromatic N) is 1. The lowest BCUT2D eigenvalue weighted by Crippen LogP contribution is -2.22. The van der Waals surface area contributed by atoms with Crippen LogP contribution in [-0.4, -0.2) is 22.8 Å². The smallest absolute Gasteiger partial charge is 0.178 e. The van der Waals surface area contributed by atoms with Crippen molar-refractivity contribution in [2.75, 3.05) is 13.2 Å². The van der Waals surface area contributed by atoms with Gasteiger partial charge in [0, 0.05) is 19.1 Å². The quantitative estimate of drug-likeness (QED) is 0.830. The third-order valence-corrected chi connectivity index (χ3v) is 4.56. The highest BCUT2D eigenvalue weighted by atomic mass is 35.5. The molecule has 1 unspecified atom stereocenters. The number of rotatable bonds is 2. The molecule has 1 saturated heterocycles. The molecule has 1 aromatic carbocycles. The van der Waals surface area contributed by atoms with E-state index in [1.807, 2.05) is 12.1 Å². The van der Waals surface area contributed by atoms with Gasteiger partial charge in [0.1, 0.15) is 0 Å². The highest BCUT2D eigenvalue weighted by molar-refractivity contribution is 7.71. The number of hydrogen-bond acceptors (Lipinski definition) is 2. The van der Waals surface area contributed by atoms with Crippen LogP contribution < -0.4 is 0 Å². The Labute approximate surface area is 126 Å². The topological polar surface area (TPSA) is 29.9 Å². The van der Waals surface area contributed by atoms with Gasteiger partial charge in [0.15, 0.2) is 4.77 Å². The Bertz CT molecular complexity index is 658. The van der Waals surface area contributed by atoms with E-state index in [0.717, 1.165) is 37.2 Å². The molecule has 0 amide bonds. The number of imidazole rings is 1. The number of halogens is 2. The van der Waals surface area contributed by atoms with Gasteiger partial charge in [-0.25, -0.2) is 0 Å². The van der Waals surface area contributed by atoms with Crippen molar-refractivity contribution in [2.45, 2.75) is 19.4 Å². The van der Waals surface area contributed by atoms with Crippen LogP contribution in [0.3, 0.4) is 0 Å². The first-order chi connectivity index (χ1) is 9.15. The molecule has 1 aliphatic heterocycles. The third-order valence-electron chi connectivity index (χ3n) is 3.51. The minimum Gasteiger partial charge on any atom is -0.381 e. The first-order valence-electron chi connectivity index (χ1n) is 6.30. The number of ether oxygens (including phenoxy) is 1. The number of hydrogen-bond donors (Lipinski definition) is 1. The van der Waals surface area contributed by atoms with E-state index in [1.54, 1.807) is 0 Å². The molecule has 0 bridgehead atoms. The second-order valence-electron chi connectivity index (χ2n) is 4.91. The van der Waals surface area contributed by atoms with E-state index < -0.39 is 0 Å². The van der Waals surface area contributed by atoms with Crippen molar-refractivity contribution < 1.29 is 4.74 Å². The zero-order valence-corrected chi connectivity index (χ0v) is 12.6. The van der Waals surface area contributed by atoms with Gasteiger partial charge < -0.3 is 14.3 Å². The van der Waals surface area contributed by atoms with Gasteiger partial charge in [-0.15, -0.1) is 0 Å². The summed E-state index contributed by atoms with van der Waals surface area (Å²) < 4.78 is 8.32. The molecule has 2 aromatic rings. The molecule has 1 aromatic heterocycles. The van der Waals surface area contributed by atoms with Crippen molar-refractivity contribution in [1.82, 2.24) is 9.55 Å². The van der Waals surface area contributed by atoms with E-state index in [-0.39, 0.29) is 0 Å². The van der Waals surface area contributed by atoms with Gasteiger partial charge in [0.25, 0.3) is 0 Å². The van der Waals surface area contributed by atoms with E-state index in [2.05, 4.69) is 9.55 Å². The van der Waals surface area contributed by atoms with Gasteiger partial charge in [-0.2, -0.15) is 0 Å². The first-order valence-corrected chi connectivity index (χ1v) is 7.47. The molecule has 1 N–H and O–H groups in total. The number of aromatic amines is 1. The van der Waals surface area contributed by atoms with E-state index in [0.29, 0.717) is 20.7 Å². The van der Waals surface area contributed by atoms with Crippen LogP contribution in [0, 0.1) is 10.7 Å². The predicted octanol–water partition coefficient (Wildman–Crippen LogP) is 4.43. The number of aromatic nitrogens is 2. The molecular formula is C13H14Cl2N2OS. The molecular weight excluding hydrogens is 303 g/mol. The highest BCUT2D eigenvalue weighted by Gasteiger charge is 2.17. The van der Waals surface area contributed by atoms with Gasteiger partial charge in [0.2, 0.25) is 0 Å². The molecule has 2 heterocycles. The zero-order valence-electron chi connectivity index (χ0n) is 10.3. The first kappa shape index (κ1) is 13.4. The van der Waals surface area contributed by atoms with Gasteiger partial charge in [-0.3, -0.25) is 0 Å². The summed E-state index contributed by atoms with van der Waals surface area (Å²) in [5, 5.41) is 1.09. The van der Waals surface area contributed by atoms with Crippen molar-refractivity contribution in [3.8, 4) is 0 Å². The summed E-state index contributed by atoms with van der Waals surface area (Å²) >= 11 is 17.5. The maximum atomic E-state index is 6.09. The summed E-state index contributed by atoms with van der Waals surface area (Å²) in [6.07, 6.45) is 2.29. The Morgan fingerprint density at radius 3 is 2.89 bits per heavy atom. The number of nitrogens with one attached hydrogen (secondary N) is 1. The molecule has 0 saturated carbocycles. The predicted molar refractivity (Wildman–Crippen MR) is 80.7 cm³/mol. The van der Waals surface area contributed by atoms with E-state index in [9.17, 15) is 0 Å². The van der Waals surface area contributed by atoms with Crippen LogP contribution in [0.25, 0.3) is 11.0 Å².